The van der Waals surface area contributed by atoms with Gasteiger partial charge in [-0.1, -0.05) is 0 Å². The highest BCUT2D eigenvalue weighted by molar-refractivity contribution is 5.89. The monoisotopic (exact) mass is 267 g/mol. The Morgan fingerprint density at radius 2 is 1.89 bits per heavy atom. The topological polar surface area (TPSA) is 77.8 Å². The third kappa shape index (κ3) is 2.05. The van der Waals surface area contributed by atoms with Gasteiger partial charge in [0.2, 0.25) is 5.91 Å². The Kier molecular flexibility index (Phi) is 2.80. The predicted octanol–water partition coefficient (Wildman–Crippen LogP) is 0.233. The summed E-state index contributed by atoms with van der Waals surface area (Å²) in [6.45, 7) is -1.00. The number of hydrogen-bond acceptors (Lipinski definition) is 3. The summed E-state index contributed by atoms with van der Waals surface area (Å²) in [4.78, 5) is 23.2. The zero-order valence-electron chi connectivity index (χ0n) is 9.28. The van der Waals surface area contributed by atoms with E-state index in [1.165, 1.54) is 0 Å². The molecule has 1 saturated heterocycles. The summed E-state index contributed by atoms with van der Waals surface area (Å²) in [6.07, 6.45) is -5.18. The first-order chi connectivity index (χ1) is 8.16. The summed E-state index contributed by atoms with van der Waals surface area (Å²) >= 11 is 0. The maximum atomic E-state index is 12.5. The molecule has 0 aromatic heterocycles. The van der Waals surface area contributed by atoms with Crippen LogP contribution < -0.4 is 0 Å². The van der Waals surface area contributed by atoms with Gasteiger partial charge in [0, 0.05) is 13.0 Å². The quantitative estimate of drug-likeness (QED) is 0.751. The average Bonchev–Trinajstić information content (AvgIpc) is 2.93. The van der Waals surface area contributed by atoms with E-state index < -0.39 is 48.5 Å². The average molecular weight is 267 g/mol. The first kappa shape index (κ1) is 13.1. The summed E-state index contributed by atoms with van der Waals surface area (Å²) in [6, 6.07) is 0. The number of alkyl halides is 3. The Balaban J connectivity index is 1.98. The van der Waals surface area contributed by atoms with Crippen LogP contribution in [0.4, 0.5) is 13.2 Å². The smallest absolute Gasteiger partial charge is 0.419 e. The summed E-state index contributed by atoms with van der Waals surface area (Å²) < 4.78 is 37.6. The second-order valence-corrected chi connectivity index (χ2v) is 4.83. The molecule has 0 spiro atoms. The van der Waals surface area contributed by atoms with E-state index in [0.29, 0.717) is 0 Å². The maximum absolute atomic E-state index is 12.5. The lowest BCUT2D eigenvalue weighted by Crippen LogP contribution is -2.48. The molecule has 1 aliphatic heterocycles. The molecule has 102 valence electrons. The number of nitrogens with zero attached hydrogens (tertiary/aromatic N) is 1. The predicted molar refractivity (Wildman–Crippen MR) is 51.4 cm³/mol. The van der Waals surface area contributed by atoms with Crippen LogP contribution in [0.2, 0.25) is 0 Å². The summed E-state index contributed by atoms with van der Waals surface area (Å²) in [5.41, 5.74) is -2.86. The molecular formula is C10H12F3NO4. The Morgan fingerprint density at radius 1 is 1.28 bits per heavy atom. The minimum Gasteiger partial charge on any atom is -0.481 e. The van der Waals surface area contributed by atoms with E-state index in [2.05, 4.69) is 0 Å². The molecule has 1 amide bonds. The number of halogens is 3. The number of carboxylic acids is 1. The van der Waals surface area contributed by atoms with Crippen molar-refractivity contribution in [1.29, 1.82) is 0 Å². The number of carbonyl (C=O) groups is 2. The molecule has 1 heterocycles. The Labute approximate surface area is 100 Å². The fourth-order valence-electron chi connectivity index (χ4n) is 2.19. The summed E-state index contributed by atoms with van der Waals surface area (Å²) in [7, 11) is 0. The highest BCUT2D eigenvalue weighted by Gasteiger charge is 2.59. The van der Waals surface area contributed by atoms with Crippen molar-refractivity contribution in [2.24, 2.45) is 11.8 Å². The molecule has 1 aliphatic carbocycles. The van der Waals surface area contributed by atoms with E-state index >= 15 is 0 Å². The van der Waals surface area contributed by atoms with Gasteiger partial charge in [-0.2, -0.15) is 13.2 Å². The second-order valence-electron chi connectivity index (χ2n) is 4.83. The van der Waals surface area contributed by atoms with E-state index in [1.54, 1.807) is 0 Å². The second kappa shape index (κ2) is 3.84. The van der Waals surface area contributed by atoms with E-state index in [-0.39, 0.29) is 13.0 Å². The number of likely N-dealkylation sites (tertiary alicyclic amines) is 1. The van der Waals surface area contributed by atoms with Crippen LogP contribution in [0, 0.1) is 11.8 Å². The van der Waals surface area contributed by atoms with E-state index in [0.717, 1.165) is 4.90 Å². The molecule has 18 heavy (non-hydrogen) atoms. The van der Waals surface area contributed by atoms with Crippen molar-refractivity contribution < 1.29 is 33.0 Å². The lowest BCUT2D eigenvalue weighted by molar-refractivity contribution is -0.253. The summed E-state index contributed by atoms with van der Waals surface area (Å²) in [5.74, 6) is -3.25. The van der Waals surface area contributed by atoms with Crippen LogP contribution in [0.1, 0.15) is 12.8 Å². The van der Waals surface area contributed by atoms with Gasteiger partial charge in [-0.3, -0.25) is 9.59 Å². The number of β-amino-alcohol motifs (C(OH)–C–C–N with tert-alkyl or cyclic N) is 1. The molecule has 2 rings (SSSR count). The molecule has 0 bridgehead atoms. The van der Waals surface area contributed by atoms with Crippen LogP contribution in [0.15, 0.2) is 0 Å². The van der Waals surface area contributed by atoms with Gasteiger partial charge in [0.05, 0.1) is 18.4 Å². The van der Waals surface area contributed by atoms with Gasteiger partial charge in [0.1, 0.15) is 0 Å². The lowest BCUT2D eigenvalue weighted by atomic mass is 10.0. The van der Waals surface area contributed by atoms with E-state index in [4.69, 9.17) is 5.11 Å². The van der Waals surface area contributed by atoms with Crippen molar-refractivity contribution in [2.75, 3.05) is 13.1 Å². The van der Waals surface area contributed by atoms with E-state index in [9.17, 15) is 27.9 Å². The maximum Gasteiger partial charge on any atom is 0.419 e. The molecule has 5 nitrogen and oxygen atoms in total. The van der Waals surface area contributed by atoms with Crippen LogP contribution in [0.5, 0.6) is 0 Å². The van der Waals surface area contributed by atoms with Crippen LogP contribution in [0.3, 0.4) is 0 Å². The first-order valence-corrected chi connectivity index (χ1v) is 5.46. The molecule has 2 aliphatic rings. The van der Waals surface area contributed by atoms with Crippen LogP contribution in [-0.2, 0) is 9.59 Å². The third-order valence-electron chi connectivity index (χ3n) is 3.51. The SMILES string of the molecule is O=C(O)[C@@H]1C[C@H]1C(=O)N1CC[C@](O)(C(F)(F)F)C1. The third-order valence-corrected chi connectivity index (χ3v) is 3.51. The number of rotatable bonds is 2. The van der Waals surface area contributed by atoms with Gasteiger partial charge >= 0.3 is 12.1 Å². The molecule has 1 saturated carbocycles. The van der Waals surface area contributed by atoms with Crippen molar-refractivity contribution in [3.63, 3.8) is 0 Å². The molecule has 2 fully saturated rings. The molecule has 0 aromatic rings. The van der Waals surface area contributed by atoms with Crippen LogP contribution in [0.25, 0.3) is 0 Å². The number of carbonyl (C=O) groups excluding carboxylic acids is 1. The zero-order chi connectivity index (χ0) is 13.7. The molecule has 3 atom stereocenters. The van der Waals surface area contributed by atoms with Crippen molar-refractivity contribution in [3.05, 3.63) is 0 Å². The first-order valence-electron chi connectivity index (χ1n) is 5.46. The molecule has 0 radical (unpaired) electrons. The minimum absolute atomic E-state index is 0.162. The largest absolute Gasteiger partial charge is 0.481 e. The molecule has 0 aromatic carbocycles. The van der Waals surface area contributed by atoms with Crippen LogP contribution >= 0.6 is 0 Å². The number of hydrogen-bond donors (Lipinski definition) is 2. The zero-order valence-corrected chi connectivity index (χ0v) is 9.28. The fraction of sp³-hybridized carbons (Fsp3) is 0.800. The number of aliphatic carboxylic acids is 1. The Hall–Kier alpha value is -1.31. The van der Waals surface area contributed by atoms with Gasteiger partial charge in [-0.05, 0) is 6.42 Å². The lowest BCUT2D eigenvalue weighted by Gasteiger charge is -2.25. The molecular weight excluding hydrogens is 255 g/mol. The van der Waals surface area contributed by atoms with Crippen molar-refractivity contribution in [1.82, 2.24) is 4.90 Å². The number of carboxylic acid groups (broad SMARTS) is 1. The summed E-state index contributed by atoms with van der Waals surface area (Å²) in [5, 5.41) is 18.0. The Bertz CT molecular complexity index is 397. The molecule has 2 N–H and O–H groups in total. The van der Waals surface area contributed by atoms with Gasteiger partial charge in [-0.25, -0.2) is 0 Å². The fourth-order valence-corrected chi connectivity index (χ4v) is 2.19. The normalized spacial score (nSPS) is 35.7. The molecule has 8 heteroatoms. The minimum atomic E-state index is -4.78. The number of amides is 1. The van der Waals surface area contributed by atoms with Crippen molar-refractivity contribution >= 4 is 11.9 Å². The highest BCUT2D eigenvalue weighted by Crippen LogP contribution is 2.43. The molecule has 0 unspecified atom stereocenters. The van der Waals surface area contributed by atoms with Crippen LogP contribution in [-0.4, -0.2) is 51.9 Å². The van der Waals surface area contributed by atoms with Gasteiger partial charge < -0.3 is 15.1 Å². The number of aliphatic hydroxyl groups is 1. The van der Waals surface area contributed by atoms with E-state index in [1.807, 2.05) is 0 Å². The van der Waals surface area contributed by atoms with Gasteiger partial charge in [0.25, 0.3) is 0 Å². The Morgan fingerprint density at radius 3 is 2.28 bits per heavy atom. The highest BCUT2D eigenvalue weighted by atomic mass is 19.4. The van der Waals surface area contributed by atoms with Crippen molar-refractivity contribution in [2.45, 2.75) is 24.6 Å². The van der Waals surface area contributed by atoms with Gasteiger partial charge in [-0.15, -0.1) is 0 Å². The standard InChI is InChI=1S/C10H12F3NO4/c11-10(12,13)9(18)1-2-14(4-9)7(15)5-3-6(5)8(16)17/h5-6,18H,1-4H2,(H,16,17)/t5-,6-,9-/m1/s1. The van der Waals surface area contributed by atoms with Gasteiger partial charge in [0.15, 0.2) is 5.60 Å². The van der Waals surface area contributed by atoms with Crippen molar-refractivity contribution in [3.8, 4) is 0 Å².